The first-order valence-electron chi connectivity index (χ1n) is 8.83. The third kappa shape index (κ3) is 3.86. The van der Waals surface area contributed by atoms with Crippen molar-refractivity contribution in [3.8, 4) is 5.69 Å². The lowest BCUT2D eigenvalue weighted by Crippen LogP contribution is -2.41. The summed E-state index contributed by atoms with van der Waals surface area (Å²) in [6.07, 6.45) is 0.0270. The van der Waals surface area contributed by atoms with Gasteiger partial charge in [-0.2, -0.15) is 4.68 Å². The summed E-state index contributed by atoms with van der Waals surface area (Å²) in [6.45, 7) is 2.85. The van der Waals surface area contributed by atoms with E-state index in [1.807, 2.05) is 0 Å². The molecule has 3 aromatic rings. The molecule has 0 bridgehead atoms. The monoisotopic (exact) mass is 419 g/mol. The van der Waals surface area contributed by atoms with Gasteiger partial charge in [-0.15, -0.1) is 4.68 Å². The van der Waals surface area contributed by atoms with Gasteiger partial charge in [0.25, 0.3) is 0 Å². The Morgan fingerprint density at radius 1 is 1.03 bits per heavy atom. The topological polar surface area (TPSA) is 90.1 Å². The summed E-state index contributed by atoms with van der Waals surface area (Å²) in [5.41, 5.74) is -1.75. The van der Waals surface area contributed by atoms with E-state index < -0.39 is 34.9 Å². The molecule has 0 aliphatic rings. The van der Waals surface area contributed by atoms with Crippen molar-refractivity contribution >= 4 is 17.5 Å². The maximum atomic E-state index is 14.6. The van der Waals surface area contributed by atoms with Crippen LogP contribution in [0.4, 0.5) is 23.7 Å². The lowest BCUT2D eigenvalue weighted by molar-refractivity contribution is -0.116. The molecule has 0 unspecified atom stereocenters. The smallest absolute Gasteiger partial charge is 0.300 e. The number of hydrogen-bond donors (Lipinski definition) is 0. The molecule has 0 aliphatic carbocycles. The summed E-state index contributed by atoms with van der Waals surface area (Å²) in [5, 5.41) is 6.75. The third-order valence-corrected chi connectivity index (χ3v) is 4.21. The van der Waals surface area contributed by atoms with Gasteiger partial charge in [0, 0.05) is 13.0 Å². The van der Waals surface area contributed by atoms with E-state index in [4.69, 9.17) is 0 Å². The molecule has 0 N–H and O–H groups in total. The molecule has 0 spiro atoms. The predicted octanol–water partition coefficient (Wildman–Crippen LogP) is 2.47. The third-order valence-electron chi connectivity index (χ3n) is 4.21. The van der Waals surface area contributed by atoms with Crippen molar-refractivity contribution in [3.63, 3.8) is 0 Å². The minimum atomic E-state index is -1.23. The first-order valence-corrected chi connectivity index (χ1v) is 8.83. The van der Waals surface area contributed by atoms with Crippen molar-refractivity contribution in [2.24, 2.45) is 0 Å². The Bertz CT molecular complexity index is 1170. The lowest BCUT2D eigenvalue weighted by Gasteiger charge is -2.20. The fraction of sp³-hybridized carbons (Fsp3) is 0.211. The number of tetrazole rings is 1. The molecule has 156 valence electrons. The number of carbonyl (C=O) groups excluding carboxylic acids is 2. The van der Waals surface area contributed by atoms with Gasteiger partial charge in [0.1, 0.15) is 17.3 Å². The van der Waals surface area contributed by atoms with E-state index in [1.54, 1.807) is 0 Å². The number of anilines is 1. The second-order valence-electron chi connectivity index (χ2n) is 6.35. The van der Waals surface area contributed by atoms with E-state index in [0.29, 0.717) is 10.2 Å². The number of nitrogens with zero attached hydrogens (tertiary/aromatic N) is 5. The van der Waals surface area contributed by atoms with E-state index in [2.05, 4.69) is 10.4 Å². The fourth-order valence-corrected chi connectivity index (χ4v) is 2.89. The van der Waals surface area contributed by atoms with Gasteiger partial charge in [0.15, 0.2) is 11.6 Å². The van der Waals surface area contributed by atoms with Crippen LogP contribution in [0.25, 0.3) is 5.69 Å². The molecular formula is C19H16F3N5O3. The zero-order valence-corrected chi connectivity index (χ0v) is 16.0. The molecule has 1 heterocycles. The van der Waals surface area contributed by atoms with Gasteiger partial charge in [-0.3, -0.25) is 9.69 Å². The number of carbonyl (C=O) groups is 2. The van der Waals surface area contributed by atoms with Gasteiger partial charge in [0.05, 0.1) is 5.69 Å². The number of halogens is 3. The van der Waals surface area contributed by atoms with Crippen LogP contribution in [0.15, 0.2) is 41.2 Å². The molecule has 2 aromatic carbocycles. The molecule has 11 heteroatoms. The summed E-state index contributed by atoms with van der Waals surface area (Å²) in [7, 11) is 0. The molecule has 0 fully saturated rings. The highest BCUT2D eigenvalue weighted by Gasteiger charge is 2.25. The van der Waals surface area contributed by atoms with Crippen LogP contribution in [0.5, 0.6) is 0 Å². The van der Waals surface area contributed by atoms with Crippen LogP contribution < -0.4 is 10.6 Å². The van der Waals surface area contributed by atoms with E-state index in [1.165, 1.54) is 26.0 Å². The van der Waals surface area contributed by atoms with Crippen molar-refractivity contribution in [2.75, 3.05) is 11.4 Å². The highest BCUT2D eigenvalue weighted by molar-refractivity contribution is 5.93. The summed E-state index contributed by atoms with van der Waals surface area (Å²) in [5.74, 6) is -3.09. The van der Waals surface area contributed by atoms with Crippen LogP contribution in [0.2, 0.25) is 0 Å². The number of aromatic nitrogens is 4. The maximum Gasteiger partial charge on any atom is 0.377 e. The van der Waals surface area contributed by atoms with Crippen LogP contribution in [0, 0.1) is 17.5 Å². The van der Waals surface area contributed by atoms with Crippen LogP contribution in [-0.4, -0.2) is 38.1 Å². The Kier molecular flexibility index (Phi) is 5.81. The number of ketones is 1. The van der Waals surface area contributed by atoms with Gasteiger partial charge in [-0.05, 0) is 54.1 Å². The van der Waals surface area contributed by atoms with Crippen LogP contribution >= 0.6 is 0 Å². The quantitative estimate of drug-likeness (QED) is 0.593. The van der Waals surface area contributed by atoms with Gasteiger partial charge < -0.3 is 0 Å². The van der Waals surface area contributed by atoms with Gasteiger partial charge >= 0.3 is 11.7 Å². The predicted molar refractivity (Wildman–Crippen MR) is 100 cm³/mol. The van der Waals surface area contributed by atoms with E-state index >= 15 is 0 Å². The first-order chi connectivity index (χ1) is 14.2. The van der Waals surface area contributed by atoms with Crippen molar-refractivity contribution in [2.45, 2.75) is 20.3 Å². The van der Waals surface area contributed by atoms with Crippen LogP contribution in [0.1, 0.15) is 19.4 Å². The number of Topliss-reactive ketones (excluding diaryl/α,β-unsaturated/α-hetero) is 1. The normalized spacial score (nSPS) is 10.8. The molecule has 30 heavy (non-hydrogen) atoms. The molecule has 0 saturated heterocycles. The van der Waals surface area contributed by atoms with Crippen molar-refractivity contribution in [3.05, 3.63) is 69.9 Å². The number of rotatable bonds is 5. The summed E-state index contributed by atoms with van der Waals surface area (Å²) in [4.78, 5) is 37.4. The van der Waals surface area contributed by atoms with Crippen molar-refractivity contribution in [1.82, 2.24) is 19.8 Å². The Hall–Kier alpha value is -3.76. The average molecular weight is 419 g/mol. The zero-order valence-electron chi connectivity index (χ0n) is 16.0. The minimum absolute atomic E-state index is 0.0270. The SMILES string of the molecule is CCN(C(=O)n1nnn(-c2c(F)cccc2F)c1=O)c1ccc(CC(C)=O)cc1F. The lowest BCUT2D eigenvalue weighted by atomic mass is 10.1. The Morgan fingerprint density at radius 2 is 1.70 bits per heavy atom. The van der Waals surface area contributed by atoms with Crippen LogP contribution in [0.3, 0.4) is 0 Å². The zero-order chi connectivity index (χ0) is 22.0. The molecule has 8 nitrogen and oxygen atoms in total. The summed E-state index contributed by atoms with van der Waals surface area (Å²) < 4.78 is 43.0. The molecule has 0 aliphatic heterocycles. The molecule has 1 amide bonds. The Labute approximate surface area is 168 Å². The van der Waals surface area contributed by atoms with E-state index in [9.17, 15) is 27.6 Å². The number of para-hydroxylation sites is 1. The van der Waals surface area contributed by atoms with Crippen molar-refractivity contribution < 1.29 is 22.8 Å². The second kappa shape index (κ2) is 8.31. The largest absolute Gasteiger partial charge is 0.377 e. The first kappa shape index (κ1) is 21.0. The highest BCUT2D eigenvalue weighted by atomic mass is 19.1. The summed E-state index contributed by atoms with van der Waals surface area (Å²) in [6, 6.07) is 5.76. The number of benzene rings is 2. The van der Waals surface area contributed by atoms with Gasteiger partial charge in [-0.1, -0.05) is 12.1 Å². The number of amides is 1. The Morgan fingerprint density at radius 3 is 2.27 bits per heavy atom. The molecule has 1 aromatic heterocycles. The number of hydrogen-bond acceptors (Lipinski definition) is 5. The van der Waals surface area contributed by atoms with Crippen molar-refractivity contribution in [1.29, 1.82) is 0 Å². The highest BCUT2D eigenvalue weighted by Crippen LogP contribution is 2.22. The molecule has 3 rings (SSSR count). The maximum absolute atomic E-state index is 14.6. The van der Waals surface area contributed by atoms with Gasteiger partial charge in [-0.25, -0.2) is 22.8 Å². The molecule has 0 saturated carbocycles. The molecule has 0 radical (unpaired) electrons. The minimum Gasteiger partial charge on any atom is -0.300 e. The van der Waals surface area contributed by atoms with E-state index in [0.717, 1.165) is 29.2 Å². The van der Waals surface area contributed by atoms with E-state index in [-0.39, 0.29) is 29.1 Å². The standard InChI is InChI=1S/C19H16F3N5O3/c1-3-25(16-8-7-12(9-11(2)28)10-15(16)22)18(29)27-19(30)26(23-24-27)17-13(20)5-4-6-14(17)21/h4-8,10H,3,9H2,1-2H3. The molecule has 0 atom stereocenters. The van der Waals surface area contributed by atoms with Gasteiger partial charge in [0.2, 0.25) is 0 Å². The fourth-order valence-electron chi connectivity index (χ4n) is 2.89. The Balaban J connectivity index is 1.99. The van der Waals surface area contributed by atoms with Crippen LogP contribution in [-0.2, 0) is 11.2 Å². The summed E-state index contributed by atoms with van der Waals surface area (Å²) >= 11 is 0. The molecular weight excluding hydrogens is 403 g/mol. The second-order valence-corrected chi connectivity index (χ2v) is 6.35. The average Bonchev–Trinajstić information content (AvgIpc) is 3.04.